The Morgan fingerprint density at radius 3 is 2.48 bits per heavy atom. The van der Waals surface area contributed by atoms with Gasteiger partial charge in [-0.15, -0.1) is 12.4 Å². The molecule has 0 saturated carbocycles. The quantitative estimate of drug-likeness (QED) is 0.568. The van der Waals surface area contributed by atoms with Gasteiger partial charge in [0.15, 0.2) is 5.82 Å². The smallest absolute Gasteiger partial charge is 0.159 e. The summed E-state index contributed by atoms with van der Waals surface area (Å²) in [6, 6.07) is 20.9. The molecule has 0 bridgehead atoms. The van der Waals surface area contributed by atoms with Crippen LogP contribution in [0.2, 0.25) is 0 Å². The normalized spacial score (nSPS) is 13.9. The Bertz CT molecular complexity index is 1040. The molecule has 5 rings (SSSR count). The van der Waals surface area contributed by atoms with Gasteiger partial charge in [-0.25, -0.2) is 9.97 Å². The van der Waals surface area contributed by atoms with E-state index >= 15 is 0 Å². The highest BCUT2D eigenvalue weighted by atomic mass is 35.5. The molecule has 0 amide bonds. The maximum atomic E-state index is 4.89. The molecule has 1 aliphatic heterocycles. The van der Waals surface area contributed by atoms with Gasteiger partial charge in [-0.1, -0.05) is 60.7 Å². The molecule has 0 atom stereocenters. The van der Waals surface area contributed by atoms with Gasteiger partial charge in [0.1, 0.15) is 0 Å². The summed E-state index contributed by atoms with van der Waals surface area (Å²) in [6.45, 7) is 2.97. The second kappa shape index (κ2) is 7.51. The minimum Gasteiger partial charge on any atom is -0.355 e. The summed E-state index contributed by atoms with van der Waals surface area (Å²) in [5.74, 6) is 0.792. The predicted octanol–water partition coefficient (Wildman–Crippen LogP) is 4.61. The van der Waals surface area contributed by atoms with Crippen molar-refractivity contribution in [3.63, 3.8) is 0 Å². The first-order valence-corrected chi connectivity index (χ1v) is 9.05. The lowest BCUT2D eigenvalue weighted by Gasteiger charge is -2.26. The number of hydrogen-bond acceptors (Lipinski definition) is 3. The Kier molecular flexibility index (Phi) is 4.92. The topological polar surface area (TPSA) is 44.8 Å². The molecule has 136 valence electrons. The van der Waals surface area contributed by atoms with E-state index < -0.39 is 0 Å². The molecule has 5 heteroatoms. The van der Waals surface area contributed by atoms with Gasteiger partial charge in [0.2, 0.25) is 0 Å². The van der Waals surface area contributed by atoms with Crippen molar-refractivity contribution in [3.05, 3.63) is 83.7 Å². The van der Waals surface area contributed by atoms with Gasteiger partial charge >= 0.3 is 0 Å². The Hall–Kier alpha value is -2.69. The molecule has 0 unspecified atom stereocenters. The van der Waals surface area contributed by atoms with Crippen LogP contribution < -0.4 is 0 Å². The number of fused-ring (bicyclic) bond motifs is 3. The molecule has 1 aliphatic rings. The summed E-state index contributed by atoms with van der Waals surface area (Å²) in [4.78, 5) is 15.5. The highest BCUT2D eigenvalue weighted by molar-refractivity contribution is 5.85. The van der Waals surface area contributed by atoms with Crippen LogP contribution in [0.4, 0.5) is 0 Å². The van der Waals surface area contributed by atoms with Crippen molar-refractivity contribution in [1.82, 2.24) is 19.9 Å². The van der Waals surface area contributed by atoms with Crippen molar-refractivity contribution < 1.29 is 0 Å². The van der Waals surface area contributed by atoms with Crippen LogP contribution >= 0.6 is 12.4 Å². The van der Waals surface area contributed by atoms with E-state index in [0.717, 1.165) is 48.5 Å². The molecular weight excluding hydrogens is 356 g/mol. The fraction of sp³-hybridized carbons (Fsp3) is 0.182. The minimum absolute atomic E-state index is 0. The van der Waals surface area contributed by atoms with Crippen LogP contribution in [0.3, 0.4) is 0 Å². The first-order valence-electron chi connectivity index (χ1n) is 9.05. The third-order valence-corrected chi connectivity index (χ3v) is 5.07. The van der Waals surface area contributed by atoms with Crippen LogP contribution in [0.15, 0.2) is 66.9 Å². The lowest BCUT2D eigenvalue weighted by Crippen LogP contribution is -2.29. The first-order chi connectivity index (χ1) is 12.9. The van der Waals surface area contributed by atoms with Crippen molar-refractivity contribution in [2.24, 2.45) is 0 Å². The zero-order valence-corrected chi connectivity index (χ0v) is 15.7. The molecule has 2 aromatic heterocycles. The molecule has 3 heterocycles. The summed E-state index contributed by atoms with van der Waals surface area (Å²) in [5.41, 5.74) is 7.14. The summed E-state index contributed by atoms with van der Waals surface area (Å²) >= 11 is 0. The lowest BCUT2D eigenvalue weighted by molar-refractivity contribution is 0.245. The number of nitrogens with zero attached hydrogens (tertiary/aromatic N) is 3. The van der Waals surface area contributed by atoms with Crippen LogP contribution in [0.5, 0.6) is 0 Å². The van der Waals surface area contributed by atoms with Gasteiger partial charge in [-0.2, -0.15) is 0 Å². The highest BCUT2D eigenvalue weighted by Crippen LogP contribution is 2.28. The molecule has 4 aromatic rings. The predicted molar refractivity (Wildman–Crippen MR) is 111 cm³/mol. The Morgan fingerprint density at radius 1 is 0.963 bits per heavy atom. The zero-order valence-electron chi connectivity index (χ0n) is 14.9. The standard InChI is InChI=1S/C22H20N4.ClH/c1-3-7-16(8-4-1)14-26-12-11-19-18(15-26)21-20(24-19)13-23-22(25-21)17-9-5-2-6-10-17;/h1-10,13,24H,11-12,14-15H2;1H. The summed E-state index contributed by atoms with van der Waals surface area (Å²) < 4.78 is 0. The van der Waals surface area contributed by atoms with E-state index in [0.29, 0.717) is 0 Å². The summed E-state index contributed by atoms with van der Waals surface area (Å²) in [5, 5.41) is 0. The molecular formula is C22H21ClN4. The molecule has 0 spiro atoms. The highest BCUT2D eigenvalue weighted by Gasteiger charge is 2.22. The summed E-state index contributed by atoms with van der Waals surface area (Å²) in [6.07, 6.45) is 2.95. The first kappa shape index (κ1) is 17.7. The van der Waals surface area contributed by atoms with Gasteiger partial charge in [0.05, 0.1) is 17.2 Å². The van der Waals surface area contributed by atoms with Crippen LogP contribution in [-0.4, -0.2) is 26.4 Å². The third kappa shape index (κ3) is 3.46. The largest absolute Gasteiger partial charge is 0.355 e. The second-order valence-electron chi connectivity index (χ2n) is 6.85. The molecule has 0 fully saturated rings. The Labute approximate surface area is 164 Å². The molecule has 0 saturated heterocycles. The molecule has 2 aromatic carbocycles. The number of nitrogens with one attached hydrogen (secondary N) is 1. The monoisotopic (exact) mass is 376 g/mol. The van der Waals surface area contributed by atoms with Gasteiger partial charge in [0, 0.05) is 42.9 Å². The van der Waals surface area contributed by atoms with E-state index in [2.05, 4.69) is 57.3 Å². The van der Waals surface area contributed by atoms with E-state index in [4.69, 9.17) is 4.98 Å². The number of hydrogen-bond donors (Lipinski definition) is 1. The molecule has 0 aliphatic carbocycles. The average Bonchev–Trinajstić information content (AvgIpc) is 3.07. The van der Waals surface area contributed by atoms with Gasteiger partial charge in [0.25, 0.3) is 0 Å². The zero-order chi connectivity index (χ0) is 17.3. The van der Waals surface area contributed by atoms with Crippen molar-refractivity contribution in [3.8, 4) is 11.4 Å². The molecule has 27 heavy (non-hydrogen) atoms. The fourth-order valence-electron chi connectivity index (χ4n) is 3.74. The van der Waals surface area contributed by atoms with Crippen LogP contribution in [0.25, 0.3) is 22.4 Å². The van der Waals surface area contributed by atoms with Crippen LogP contribution in [0, 0.1) is 0 Å². The van der Waals surface area contributed by atoms with E-state index in [-0.39, 0.29) is 12.4 Å². The van der Waals surface area contributed by atoms with E-state index in [9.17, 15) is 0 Å². The number of benzene rings is 2. The number of aromatic nitrogens is 3. The number of H-pyrrole nitrogens is 1. The van der Waals surface area contributed by atoms with E-state index in [1.165, 1.54) is 16.8 Å². The third-order valence-electron chi connectivity index (χ3n) is 5.07. The molecule has 0 radical (unpaired) electrons. The van der Waals surface area contributed by atoms with Crippen LogP contribution in [0.1, 0.15) is 16.8 Å². The number of rotatable bonds is 3. The van der Waals surface area contributed by atoms with Crippen molar-refractivity contribution in [2.45, 2.75) is 19.5 Å². The van der Waals surface area contributed by atoms with Crippen molar-refractivity contribution in [2.75, 3.05) is 6.54 Å². The molecule has 4 nitrogen and oxygen atoms in total. The van der Waals surface area contributed by atoms with Crippen LogP contribution in [-0.2, 0) is 19.5 Å². The Morgan fingerprint density at radius 2 is 1.70 bits per heavy atom. The maximum absolute atomic E-state index is 4.89. The van der Waals surface area contributed by atoms with E-state index in [1.54, 1.807) is 0 Å². The lowest BCUT2D eigenvalue weighted by atomic mass is 10.1. The fourth-order valence-corrected chi connectivity index (χ4v) is 3.74. The van der Waals surface area contributed by atoms with Gasteiger partial charge in [-0.3, -0.25) is 4.90 Å². The van der Waals surface area contributed by atoms with Crippen molar-refractivity contribution in [1.29, 1.82) is 0 Å². The molecule has 1 N–H and O–H groups in total. The number of aromatic amines is 1. The van der Waals surface area contributed by atoms with Crippen molar-refractivity contribution >= 4 is 23.4 Å². The average molecular weight is 377 g/mol. The van der Waals surface area contributed by atoms with Gasteiger partial charge in [-0.05, 0) is 5.56 Å². The number of halogens is 1. The Balaban J connectivity index is 0.00000180. The maximum Gasteiger partial charge on any atom is 0.159 e. The minimum atomic E-state index is 0. The van der Waals surface area contributed by atoms with E-state index in [1.807, 2.05) is 24.4 Å². The summed E-state index contributed by atoms with van der Waals surface area (Å²) in [7, 11) is 0. The second-order valence-corrected chi connectivity index (χ2v) is 6.85. The SMILES string of the molecule is Cl.c1ccc(CN2CCc3[nH]c4cnc(-c5ccccc5)nc4c3C2)cc1. The van der Waals surface area contributed by atoms with Gasteiger partial charge < -0.3 is 4.98 Å².